The molecule has 0 aliphatic carbocycles. The predicted octanol–water partition coefficient (Wildman–Crippen LogP) is 4.85. The van der Waals surface area contributed by atoms with Gasteiger partial charge in [0, 0.05) is 4.47 Å². The van der Waals surface area contributed by atoms with E-state index in [9.17, 15) is 0 Å². The largest absolute Gasteiger partial charge is 0.491 e. The predicted molar refractivity (Wildman–Crippen MR) is 92.0 cm³/mol. The van der Waals surface area contributed by atoms with Crippen LogP contribution in [0.1, 0.15) is 36.6 Å². The molecule has 0 saturated heterocycles. The van der Waals surface area contributed by atoms with E-state index in [4.69, 9.17) is 4.74 Å². The van der Waals surface area contributed by atoms with Crippen LogP contribution >= 0.6 is 15.9 Å². The molecule has 1 N–H and O–H groups in total. The number of ether oxygens (including phenoxy) is 1. The average Bonchev–Trinajstić information content (AvgIpc) is 2.45. The number of benzene rings is 2. The van der Waals surface area contributed by atoms with Crippen LogP contribution in [0.25, 0.3) is 0 Å². The van der Waals surface area contributed by atoms with Gasteiger partial charge in [-0.1, -0.05) is 40.2 Å². The summed E-state index contributed by atoms with van der Waals surface area (Å²) in [5.74, 6) is 0.912. The number of halogens is 1. The van der Waals surface area contributed by atoms with Gasteiger partial charge in [0.15, 0.2) is 0 Å². The van der Waals surface area contributed by atoms with E-state index in [1.807, 2.05) is 33.0 Å². The van der Waals surface area contributed by atoms with Gasteiger partial charge in [-0.3, -0.25) is 0 Å². The third kappa shape index (κ3) is 3.86. The lowest BCUT2D eigenvalue weighted by Crippen LogP contribution is -2.18. The highest BCUT2D eigenvalue weighted by molar-refractivity contribution is 9.10. The Morgan fingerprint density at radius 1 is 1.05 bits per heavy atom. The van der Waals surface area contributed by atoms with Gasteiger partial charge >= 0.3 is 0 Å². The average molecular weight is 348 g/mol. The molecule has 2 nitrogen and oxygen atoms in total. The van der Waals surface area contributed by atoms with Gasteiger partial charge in [-0.15, -0.1) is 0 Å². The summed E-state index contributed by atoms with van der Waals surface area (Å²) in [6, 6.07) is 14.8. The molecule has 0 saturated carbocycles. The van der Waals surface area contributed by atoms with Crippen molar-refractivity contribution in [1.29, 1.82) is 0 Å². The summed E-state index contributed by atoms with van der Waals surface area (Å²) in [6.07, 6.45) is 0.197. The maximum atomic E-state index is 5.70. The summed E-state index contributed by atoms with van der Waals surface area (Å²) in [6.45, 7) is 6.21. The monoisotopic (exact) mass is 347 g/mol. The molecular formula is C18H22BrNO. The second kappa shape index (κ2) is 7.10. The van der Waals surface area contributed by atoms with Crippen LogP contribution in [-0.2, 0) is 0 Å². The van der Waals surface area contributed by atoms with E-state index >= 15 is 0 Å². The van der Waals surface area contributed by atoms with E-state index in [0.29, 0.717) is 0 Å². The maximum absolute atomic E-state index is 5.70. The molecule has 0 bridgehead atoms. The van der Waals surface area contributed by atoms with Crippen LogP contribution in [0, 0.1) is 6.92 Å². The molecule has 2 rings (SSSR count). The van der Waals surface area contributed by atoms with Gasteiger partial charge in [-0.25, -0.2) is 0 Å². The highest BCUT2D eigenvalue weighted by atomic mass is 79.9. The Labute approximate surface area is 135 Å². The van der Waals surface area contributed by atoms with E-state index in [1.165, 1.54) is 16.7 Å². The third-order valence-electron chi connectivity index (χ3n) is 3.49. The molecule has 0 radical (unpaired) electrons. The molecule has 0 amide bonds. The van der Waals surface area contributed by atoms with Gasteiger partial charge in [-0.2, -0.15) is 0 Å². The second-order valence-corrected chi connectivity index (χ2v) is 6.27. The molecule has 1 unspecified atom stereocenters. The Morgan fingerprint density at radius 2 is 1.71 bits per heavy atom. The summed E-state index contributed by atoms with van der Waals surface area (Å²) in [7, 11) is 1.99. The van der Waals surface area contributed by atoms with Gasteiger partial charge < -0.3 is 10.1 Å². The lowest BCUT2D eigenvalue weighted by atomic mass is 9.95. The van der Waals surface area contributed by atoms with Crippen molar-refractivity contribution in [1.82, 2.24) is 5.32 Å². The molecule has 2 aromatic rings. The highest BCUT2D eigenvalue weighted by Gasteiger charge is 2.15. The first-order valence-electron chi connectivity index (χ1n) is 7.21. The molecule has 21 heavy (non-hydrogen) atoms. The number of nitrogens with one attached hydrogen (secondary N) is 1. The normalized spacial score (nSPS) is 12.5. The number of hydrogen-bond donors (Lipinski definition) is 1. The molecular weight excluding hydrogens is 326 g/mol. The molecule has 0 spiro atoms. The van der Waals surface area contributed by atoms with Gasteiger partial charge in [-0.05, 0) is 62.7 Å². The van der Waals surface area contributed by atoms with Crippen molar-refractivity contribution in [2.75, 3.05) is 7.05 Å². The SMILES string of the molecule is CNC(c1ccc(OC(C)C)cc1)c1cccc(Br)c1C. The zero-order valence-electron chi connectivity index (χ0n) is 13.0. The van der Waals surface area contributed by atoms with Gasteiger partial charge in [0.2, 0.25) is 0 Å². The fraction of sp³-hybridized carbons (Fsp3) is 0.333. The molecule has 0 heterocycles. The number of hydrogen-bond acceptors (Lipinski definition) is 2. The molecule has 0 aromatic heterocycles. The fourth-order valence-corrected chi connectivity index (χ4v) is 2.83. The van der Waals surface area contributed by atoms with E-state index in [2.05, 4.69) is 58.5 Å². The number of rotatable bonds is 5. The van der Waals surface area contributed by atoms with Crippen LogP contribution in [0.4, 0.5) is 0 Å². The minimum Gasteiger partial charge on any atom is -0.491 e. The second-order valence-electron chi connectivity index (χ2n) is 5.41. The van der Waals surface area contributed by atoms with Crippen LogP contribution < -0.4 is 10.1 Å². The van der Waals surface area contributed by atoms with Gasteiger partial charge in [0.05, 0.1) is 12.1 Å². The summed E-state index contributed by atoms with van der Waals surface area (Å²) >= 11 is 3.61. The lowest BCUT2D eigenvalue weighted by Gasteiger charge is -2.20. The van der Waals surface area contributed by atoms with Crippen LogP contribution in [0.3, 0.4) is 0 Å². The summed E-state index contributed by atoms with van der Waals surface area (Å²) in [4.78, 5) is 0. The lowest BCUT2D eigenvalue weighted by molar-refractivity contribution is 0.242. The standard InChI is InChI=1S/C18H22BrNO/c1-12(2)21-15-10-8-14(9-11-15)18(20-4)16-6-5-7-17(19)13(16)3/h5-12,18,20H,1-4H3. The minimum atomic E-state index is 0.176. The van der Waals surface area contributed by atoms with Crippen molar-refractivity contribution < 1.29 is 4.74 Å². The van der Waals surface area contributed by atoms with Crippen LogP contribution in [0.5, 0.6) is 5.75 Å². The Morgan fingerprint density at radius 3 is 2.29 bits per heavy atom. The van der Waals surface area contributed by atoms with E-state index in [1.54, 1.807) is 0 Å². The highest BCUT2D eigenvalue weighted by Crippen LogP contribution is 2.29. The zero-order chi connectivity index (χ0) is 15.4. The first-order chi connectivity index (χ1) is 10.0. The van der Waals surface area contributed by atoms with Crippen molar-refractivity contribution >= 4 is 15.9 Å². The Hall–Kier alpha value is -1.32. The van der Waals surface area contributed by atoms with Crippen LogP contribution in [-0.4, -0.2) is 13.2 Å². The van der Waals surface area contributed by atoms with Crippen molar-refractivity contribution in [3.8, 4) is 5.75 Å². The third-order valence-corrected chi connectivity index (χ3v) is 4.35. The van der Waals surface area contributed by atoms with Gasteiger partial charge in [0.1, 0.15) is 5.75 Å². The molecule has 0 fully saturated rings. The first kappa shape index (κ1) is 16.1. The molecule has 2 aromatic carbocycles. The van der Waals surface area contributed by atoms with Crippen molar-refractivity contribution in [2.24, 2.45) is 0 Å². The minimum absolute atomic E-state index is 0.176. The maximum Gasteiger partial charge on any atom is 0.119 e. The zero-order valence-corrected chi connectivity index (χ0v) is 14.6. The smallest absolute Gasteiger partial charge is 0.119 e. The van der Waals surface area contributed by atoms with Crippen LogP contribution in [0.15, 0.2) is 46.9 Å². The summed E-state index contributed by atoms with van der Waals surface area (Å²) in [5.41, 5.74) is 3.78. The Kier molecular flexibility index (Phi) is 5.43. The topological polar surface area (TPSA) is 21.3 Å². The van der Waals surface area contributed by atoms with Crippen molar-refractivity contribution in [2.45, 2.75) is 32.9 Å². The Balaban J connectivity index is 2.31. The van der Waals surface area contributed by atoms with Gasteiger partial charge in [0.25, 0.3) is 0 Å². The molecule has 112 valence electrons. The molecule has 1 atom stereocenters. The quantitative estimate of drug-likeness (QED) is 0.834. The Bertz CT molecular complexity index is 593. The van der Waals surface area contributed by atoms with Crippen molar-refractivity contribution in [3.05, 3.63) is 63.6 Å². The van der Waals surface area contributed by atoms with E-state index < -0.39 is 0 Å². The van der Waals surface area contributed by atoms with E-state index in [0.717, 1.165) is 10.2 Å². The first-order valence-corrected chi connectivity index (χ1v) is 8.01. The fourth-order valence-electron chi connectivity index (χ4n) is 2.45. The van der Waals surface area contributed by atoms with Crippen molar-refractivity contribution in [3.63, 3.8) is 0 Å². The summed E-state index contributed by atoms with van der Waals surface area (Å²) < 4.78 is 6.84. The van der Waals surface area contributed by atoms with E-state index in [-0.39, 0.29) is 12.1 Å². The molecule has 0 aliphatic rings. The molecule has 3 heteroatoms. The van der Waals surface area contributed by atoms with Crippen LogP contribution in [0.2, 0.25) is 0 Å². The molecule has 0 aliphatic heterocycles. The summed E-state index contributed by atoms with van der Waals surface area (Å²) in [5, 5.41) is 3.40.